The zero-order chi connectivity index (χ0) is 7.49. The fourth-order valence-electron chi connectivity index (χ4n) is 0.395. The predicted molar refractivity (Wildman–Crippen MR) is 29.3 cm³/mol. The molecule has 0 aromatic rings. The smallest absolute Gasteiger partial charge is 0.337 e. The maximum Gasteiger partial charge on any atom is 0.339 e. The number of carbonyl (C=O) groups is 1. The Morgan fingerprint density at radius 1 is 1.44 bits per heavy atom. The maximum absolute atomic E-state index is 10.3. The molecule has 0 amide bonds. The van der Waals surface area contributed by atoms with Crippen molar-refractivity contribution in [1.29, 1.82) is 0 Å². The van der Waals surface area contributed by atoms with Gasteiger partial charge < -0.3 is 15.3 Å². The van der Waals surface area contributed by atoms with Crippen molar-refractivity contribution in [1.82, 2.24) is 0 Å². The van der Waals surface area contributed by atoms with Crippen LogP contribution in [-0.2, 0) is 4.79 Å². The Morgan fingerprint density at radius 2 is 1.89 bits per heavy atom. The van der Waals surface area contributed by atoms with Crippen LogP contribution in [0, 0.1) is 0 Å². The molecule has 0 saturated heterocycles. The molecule has 9 heavy (non-hydrogen) atoms. The number of Topliss-reactive ketones (excluding diaryl/α,β-unsaturated/α-hetero) is 1. The third-order valence-electron chi connectivity index (χ3n) is 0.851. The molecule has 0 aromatic carbocycles. The second kappa shape index (κ2) is 2.91. The van der Waals surface area contributed by atoms with Crippen LogP contribution in [0.4, 0.5) is 0 Å². The van der Waals surface area contributed by atoms with Gasteiger partial charge in [0.05, 0.1) is 0 Å². The van der Waals surface area contributed by atoms with Crippen LogP contribution >= 0.6 is 0 Å². The summed E-state index contributed by atoms with van der Waals surface area (Å²) >= 11 is 0. The lowest BCUT2D eigenvalue weighted by molar-refractivity contribution is -0.287. The van der Waals surface area contributed by atoms with Crippen molar-refractivity contribution in [2.24, 2.45) is 0 Å². The molecule has 0 aromatic heterocycles. The van der Waals surface area contributed by atoms with E-state index in [1.165, 1.54) is 0 Å². The molecule has 0 spiro atoms. The van der Waals surface area contributed by atoms with E-state index in [0.717, 1.165) is 0 Å². The van der Waals surface area contributed by atoms with Crippen molar-refractivity contribution in [2.75, 3.05) is 0 Å². The lowest BCUT2D eigenvalue weighted by atomic mass is 10.2. The highest BCUT2D eigenvalue weighted by Crippen LogP contribution is 2.00. The summed E-state index contributed by atoms with van der Waals surface area (Å²) in [7, 11) is 0. The monoisotopic (exact) mass is 134 g/mol. The van der Waals surface area contributed by atoms with Crippen molar-refractivity contribution in [3.05, 3.63) is 0 Å². The lowest BCUT2D eigenvalue weighted by Gasteiger charge is -2.10. The molecule has 0 heterocycles. The molecule has 54 valence electrons. The van der Waals surface area contributed by atoms with Gasteiger partial charge in [-0.05, 0) is 6.42 Å². The molecule has 0 unspecified atom stereocenters. The summed E-state index contributed by atoms with van der Waals surface area (Å²) < 4.78 is 0. The molecule has 0 aliphatic heterocycles. The van der Waals surface area contributed by atoms with Gasteiger partial charge in [-0.3, -0.25) is 4.79 Å². The Morgan fingerprint density at radius 3 is 2.00 bits per heavy atom. The van der Waals surface area contributed by atoms with E-state index in [1.807, 2.05) is 0 Å². The van der Waals surface area contributed by atoms with Gasteiger partial charge in [0.1, 0.15) is 0 Å². The first-order chi connectivity index (χ1) is 3.98. The summed E-state index contributed by atoms with van der Waals surface area (Å²) in [5.41, 5.74) is 0. The van der Waals surface area contributed by atoms with Gasteiger partial charge in [0.2, 0.25) is 5.78 Å². The minimum Gasteiger partial charge on any atom is -0.337 e. The highest BCUT2D eigenvalue weighted by atomic mass is 16.7. The van der Waals surface area contributed by atoms with Gasteiger partial charge in [0, 0.05) is 6.42 Å². The number of carbonyl (C=O) groups excluding carboxylic acids is 1. The van der Waals surface area contributed by atoms with Crippen LogP contribution in [0.5, 0.6) is 0 Å². The van der Waals surface area contributed by atoms with Crippen LogP contribution in [-0.4, -0.2) is 27.1 Å². The van der Waals surface area contributed by atoms with Gasteiger partial charge in [-0.25, -0.2) is 0 Å². The van der Waals surface area contributed by atoms with Crippen LogP contribution in [0.25, 0.3) is 0 Å². The fourth-order valence-corrected chi connectivity index (χ4v) is 0.395. The van der Waals surface area contributed by atoms with Gasteiger partial charge in [0.25, 0.3) is 0 Å². The summed E-state index contributed by atoms with van der Waals surface area (Å²) in [6.07, 6.45) is 0.464. The van der Waals surface area contributed by atoms with Crippen LogP contribution in [0.1, 0.15) is 19.8 Å². The number of ketones is 1. The topological polar surface area (TPSA) is 77.8 Å². The zero-order valence-electron chi connectivity index (χ0n) is 5.16. The van der Waals surface area contributed by atoms with Gasteiger partial charge in [-0.15, -0.1) is 0 Å². The number of aliphatic hydroxyl groups is 3. The second-order valence-corrected chi connectivity index (χ2v) is 1.81. The molecule has 3 N–H and O–H groups in total. The summed E-state index contributed by atoms with van der Waals surface area (Å²) in [6.45, 7) is 1.70. The molecule has 4 heteroatoms. The molecule has 4 nitrogen and oxygen atoms in total. The number of hydrogen-bond acceptors (Lipinski definition) is 4. The molecule has 0 atom stereocenters. The van der Waals surface area contributed by atoms with Gasteiger partial charge in [0.15, 0.2) is 0 Å². The van der Waals surface area contributed by atoms with Gasteiger partial charge >= 0.3 is 5.97 Å². The number of rotatable bonds is 3. The molecular formula is C5H10O4. The first-order valence-corrected chi connectivity index (χ1v) is 2.69. The molecule has 0 fully saturated rings. The average molecular weight is 134 g/mol. The van der Waals surface area contributed by atoms with Crippen LogP contribution in [0.3, 0.4) is 0 Å². The third-order valence-corrected chi connectivity index (χ3v) is 0.851. The van der Waals surface area contributed by atoms with Crippen molar-refractivity contribution in [3.63, 3.8) is 0 Å². The highest BCUT2D eigenvalue weighted by Gasteiger charge is 2.27. The average Bonchev–Trinajstić information content (AvgIpc) is 1.64. The van der Waals surface area contributed by atoms with Crippen molar-refractivity contribution in [3.8, 4) is 0 Å². The van der Waals surface area contributed by atoms with Crippen molar-refractivity contribution in [2.45, 2.75) is 25.7 Å². The van der Waals surface area contributed by atoms with E-state index in [-0.39, 0.29) is 6.42 Å². The van der Waals surface area contributed by atoms with Crippen molar-refractivity contribution >= 4 is 5.78 Å². The van der Waals surface area contributed by atoms with Crippen LogP contribution in [0.2, 0.25) is 0 Å². The molecule has 0 radical (unpaired) electrons. The normalized spacial score (nSPS) is 11.6. The second-order valence-electron chi connectivity index (χ2n) is 1.81. The standard InChI is InChI=1S/C5H10O4/c1-2-3-4(6)5(7,8)9/h7-9H,2-3H2,1H3. The van der Waals surface area contributed by atoms with E-state index in [9.17, 15) is 4.79 Å². The quantitative estimate of drug-likeness (QED) is 0.432. The van der Waals surface area contributed by atoms with E-state index in [1.54, 1.807) is 6.92 Å². The van der Waals surface area contributed by atoms with Crippen molar-refractivity contribution < 1.29 is 20.1 Å². The Kier molecular flexibility index (Phi) is 2.76. The Balaban J connectivity index is 3.74. The molecule has 0 saturated carbocycles. The molecular weight excluding hydrogens is 124 g/mol. The molecule has 0 rings (SSSR count). The maximum atomic E-state index is 10.3. The summed E-state index contributed by atoms with van der Waals surface area (Å²) in [6, 6.07) is 0. The molecule has 0 aliphatic carbocycles. The Hall–Kier alpha value is -0.450. The van der Waals surface area contributed by atoms with E-state index in [4.69, 9.17) is 15.3 Å². The molecule has 0 bridgehead atoms. The minimum absolute atomic E-state index is 0.0243. The van der Waals surface area contributed by atoms with Crippen LogP contribution in [0.15, 0.2) is 0 Å². The Labute approximate surface area is 52.7 Å². The largest absolute Gasteiger partial charge is 0.339 e. The van der Waals surface area contributed by atoms with Crippen LogP contribution < -0.4 is 0 Å². The third kappa shape index (κ3) is 3.18. The zero-order valence-corrected chi connectivity index (χ0v) is 5.16. The van der Waals surface area contributed by atoms with E-state index < -0.39 is 11.8 Å². The van der Waals surface area contributed by atoms with E-state index in [2.05, 4.69) is 0 Å². The summed E-state index contributed by atoms with van der Waals surface area (Å²) in [5.74, 6) is -4.10. The first kappa shape index (κ1) is 8.55. The van der Waals surface area contributed by atoms with E-state index >= 15 is 0 Å². The van der Waals surface area contributed by atoms with Gasteiger partial charge in [-0.2, -0.15) is 0 Å². The first-order valence-electron chi connectivity index (χ1n) is 2.69. The summed E-state index contributed by atoms with van der Waals surface area (Å²) in [5, 5.41) is 24.5. The number of hydrogen-bond donors (Lipinski definition) is 3. The highest BCUT2D eigenvalue weighted by molar-refractivity contribution is 5.83. The van der Waals surface area contributed by atoms with E-state index in [0.29, 0.717) is 6.42 Å². The predicted octanol–water partition coefficient (Wildman–Crippen LogP) is -1.01. The Bertz CT molecular complexity index is 102. The SMILES string of the molecule is CCCC(=O)C(O)(O)O. The lowest BCUT2D eigenvalue weighted by Crippen LogP contribution is -2.37. The molecule has 0 aliphatic rings. The minimum atomic E-state index is -3.13. The van der Waals surface area contributed by atoms with Gasteiger partial charge in [-0.1, -0.05) is 6.92 Å². The summed E-state index contributed by atoms with van der Waals surface area (Å²) in [4.78, 5) is 10.3. The fraction of sp³-hybridized carbons (Fsp3) is 0.800.